The lowest BCUT2D eigenvalue weighted by Gasteiger charge is -2.23. The van der Waals surface area contributed by atoms with Gasteiger partial charge in [0.1, 0.15) is 12.9 Å². The van der Waals surface area contributed by atoms with Crippen LogP contribution in [0.2, 0.25) is 0 Å². The molecule has 4 atom stereocenters. The van der Waals surface area contributed by atoms with Crippen molar-refractivity contribution >= 4 is 6.08 Å². The molecule has 1 fully saturated rings. The van der Waals surface area contributed by atoms with Crippen LogP contribution in [0.1, 0.15) is 50.3 Å². The topological polar surface area (TPSA) is 18.5 Å². The molecule has 3 aliphatic carbocycles. The second-order valence-electron chi connectivity index (χ2n) is 6.69. The zero-order valence-electron chi connectivity index (χ0n) is 14.7. The summed E-state index contributed by atoms with van der Waals surface area (Å²) in [5.74, 6) is 1.19. The van der Waals surface area contributed by atoms with Gasteiger partial charge < -0.3 is 9.47 Å². The van der Waals surface area contributed by atoms with E-state index in [9.17, 15) is 0 Å². The first-order valence-corrected chi connectivity index (χ1v) is 9.18. The molecule has 0 amide bonds. The number of hydrogen-bond acceptors (Lipinski definition) is 2. The monoisotopic (exact) mass is 324 g/mol. The number of ether oxygens (including phenoxy) is 2. The second kappa shape index (κ2) is 8.46. The first-order chi connectivity index (χ1) is 11.8. The molecule has 0 aromatic heterocycles. The normalized spacial score (nSPS) is 29.1. The number of hydrogen-bond donors (Lipinski definition) is 0. The van der Waals surface area contributed by atoms with E-state index in [0.717, 1.165) is 6.42 Å². The lowest BCUT2D eigenvalue weighted by atomic mass is 9.91. The summed E-state index contributed by atoms with van der Waals surface area (Å²) in [4.78, 5) is 0. The Hall–Kier alpha value is -1.64. The van der Waals surface area contributed by atoms with Crippen molar-refractivity contribution in [3.63, 3.8) is 0 Å². The van der Waals surface area contributed by atoms with Crippen molar-refractivity contribution in [1.82, 2.24) is 0 Å². The van der Waals surface area contributed by atoms with E-state index in [1.54, 1.807) is 0 Å². The third-order valence-electron chi connectivity index (χ3n) is 4.79. The van der Waals surface area contributed by atoms with Gasteiger partial charge >= 0.3 is 0 Å². The van der Waals surface area contributed by atoms with Crippen LogP contribution >= 0.6 is 0 Å². The average molecular weight is 324 g/mol. The largest absolute Gasteiger partial charge is 0.352 e. The number of rotatable bonds is 4. The molecule has 0 radical (unpaired) electrons. The molecule has 2 heteroatoms. The minimum Gasteiger partial charge on any atom is -0.352 e. The molecule has 0 spiro atoms. The molecule has 1 aromatic rings. The molecule has 3 aliphatic rings. The van der Waals surface area contributed by atoms with Crippen LogP contribution in [-0.4, -0.2) is 12.9 Å². The van der Waals surface area contributed by atoms with Gasteiger partial charge in [-0.05, 0) is 29.9 Å². The van der Waals surface area contributed by atoms with Gasteiger partial charge in [-0.2, -0.15) is 0 Å². The lowest BCUT2D eigenvalue weighted by molar-refractivity contribution is -0.113. The minimum atomic E-state index is 0.0418. The predicted molar refractivity (Wildman–Crippen MR) is 99.5 cm³/mol. The Morgan fingerprint density at radius 1 is 0.958 bits per heavy atom. The maximum atomic E-state index is 6.01. The summed E-state index contributed by atoms with van der Waals surface area (Å²) < 4.78 is 11.9. The molecule has 0 saturated heterocycles. The Bertz CT molecular complexity index is 614. The van der Waals surface area contributed by atoms with Gasteiger partial charge in [-0.1, -0.05) is 81.0 Å². The molecule has 128 valence electrons. The van der Waals surface area contributed by atoms with Gasteiger partial charge in [-0.15, -0.1) is 0 Å². The van der Waals surface area contributed by atoms with E-state index in [1.807, 2.05) is 0 Å². The Balaban J connectivity index is 0.000000526. The smallest absolute Gasteiger partial charge is 0.148 e. The molecule has 2 nitrogen and oxygen atoms in total. The maximum Gasteiger partial charge on any atom is 0.148 e. The van der Waals surface area contributed by atoms with Crippen molar-refractivity contribution in [2.24, 2.45) is 11.8 Å². The lowest BCUT2D eigenvalue weighted by Crippen LogP contribution is -2.22. The first kappa shape index (κ1) is 17.2. The number of fused-ring (bicyclic) bond motifs is 2. The van der Waals surface area contributed by atoms with Gasteiger partial charge in [-0.25, -0.2) is 0 Å². The Morgan fingerprint density at radius 3 is 2.62 bits per heavy atom. The highest BCUT2D eigenvalue weighted by Crippen LogP contribution is 2.38. The number of benzene rings is 1. The van der Waals surface area contributed by atoms with E-state index in [1.165, 1.54) is 24.0 Å². The number of allylic oxidation sites excluding steroid dienone is 3. The quantitative estimate of drug-likeness (QED) is 0.663. The van der Waals surface area contributed by atoms with Crippen LogP contribution in [0.5, 0.6) is 0 Å². The second-order valence-corrected chi connectivity index (χ2v) is 6.69. The standard InChI is InChI=1S/C19H20O2.C3H8/c1-3-7-16-14(5-1)9-11-18(16)20-13-21-19-12-10-15-6-2-4-8-17(15)19;1-3-2/h1-9,11,15,17-19H,10,12-13H2;3H2,1-2H3. The van der Waals surface area contributed by atoms with Crippen molar-refractivity contribution in [1.29, 1.82) is 0 Å². The predicted octanol–water partition coefficient (Wildman–Crippen LogP) is 5.68. The van der Waals surface area contributed by atoms with Crippen LogP contribution < -0.4 is 0 Å². The summed E-state index contributed by atoms with van der Waals surface area (Å²) in [7, 11) is 0. The zero-order valence-corrected chi connectivity index (χ0v) is 14.7. The van der Waals surface area contributed by atoms with Crippen LogP contribution in [0.3, 0.4) is 0 Å². The Labute approximate surface area is 145 Å². The van der Waals surface area contributed by atoms with Crippen molar-refractivity contribution in [2.75, 3.05) is 6.79 Å². The molecule has 0 aliphatic heterocycles. The van der Waals surface area contributed by atoms with Gasteiger partial charge in [0.2, 0.25) is 0 Å². The van der Waals surface area contributed by atoms with Crippen molar-refractivity contribution < 1.29 is 9.47 Å². The molecule has 24 heavy (non-hydrogen) atoms. The van der Waals surface area contributed by atoms with Gasteiger partial charge in [0.15, 0.2) is 0 Å². The molecular formula is C22H28O2. The molecule has 1 aromatic carbocycles. The highest BCUT2D eigenvalue weighted by molar-refractivity contribution is 5.61. The van der Waals surface area contributed by atoms with E-state index in [-0.39, 0.29) is 6.10 Å². The van der Waals surface area contributed by atoms with Gasteiger partial charge in [0.25, 0.3) is 0 Å². The summed E-state index contributed by atoms with van der Waals surface area (Å²) in [6.07, 6.45) is 17.1. The summed E-state index contributed by atoms with van der Waals surface area (Å²) in [5.41, 5.74) is 2.50. The molecule has 4 unspecified atom stereocenters. The highest BCUT2D eigenvalue weighted by atomic mass is 16.7. The zero-order chi connectivity index (χ0) is 16.8. The van der Waals surface area contributed by atoms with Crippen LogP contribution in [0.4, 0.5) is 0 Å². The molecular weight excluding hydrogens is 296 g/mol. The third kappa shape index (κ3) is 3.88. The molecule has 0 N–H and O–H groups in total. The van der Waals surface area contributed by atoms with Crippen molar-refractivity contribution in [2.45, 2.75) is 45.3 Å². The van der Waals surface area contributed by atoms with E-state index in [4.69, 9.17) is 9.47 Å². The van der Waals surface area contributed by atoms with Crippen LogP contribution in [-0.2, 0) is 9.47 Å². The van der Waals surface area contributed by atoms with Crippen LogP contribution in [0.15, 0.2) is 54.6 Å². The fraction of sp³-hybridized carbons (Fsp3) is 0.455. The SMILES string of the molecule is C1=CC2CCC(OCOC3C=Cc4ccccc43)C2C=C1.CCC. The minimum absolute atomic E-state index is 0.0418. The Morgan fingerprint density at radius 2 is 1.75 bits per heavy atom. The van der Waals surface area contributed by atoms with E-state index >= 15 is 0 Å². The van der Waals surface area contributed by atoms with E-state index in [2.05, 4.69) is 74.6 Å². The van der Waals surface area contributed by atoms with Crippen LogP contribution in [0, 0.1) is 11.8 Å². The van der Waals surface area contributed by atoms with Gasteiger partial charge in [0.05, 0.1) is 6.10 Å². The van der Waals surface area contributed by atoms with Crippen molar-refractivity contribution in [3.8, 4) is 0 Å². The summed E-state index contributed by atoms with van der Waals surface area (Å²) >= 11 is 0. The van der Waals surface area contributed by atoms with Crippen LogP contribution in [0.25, 0.3) is 6.08 Å². The van der Waals surface area contributed by atoms with Gasteiger partial charge in [-0.3, -0.25) is 0 Å². The third-order valence-corrected chi connectivity index (χ3v) is 4.79. The Kier molecular flexibility index (Phi) is 6.06. The average Bonchev–Trinajstić information content (AvgIpc) is 3.21. The fourth-order valence-corrected chi connectivity index (χ4v) is 3.66. The first-order valence-electron chi connectivity index (χ1n) is 9.18. The molecule has 0 bridgehead atoms. The summed E-state index contributed by atoms with van der Waals surface area (Å²) in [6, 6.07) is 8.37. The summed E-state index contributed by atoms with van der Waals surface area (Å²) in [6.45, 7) is 4.62. The van der Waals surface area contributed by atoms with Gasteiger partial charge in [0, 0.05) is 5.92 Å². The van der Waals surface area contributed by atoms with Crippen molar-refractivity contribution in [3.05, 3.63) is 65.8 Å². The summed E-state index contributed by atoms with van der Waals surface area (Å²) in [5, 5.41) is 0. The molecule has 4 rings (SSSR count). The molecule has 1 saturated carbocycles. The van der Waals surface area contributed by atoms with E-state index < -0.39 is 0 Å². The maximum absolute atomic E-state index is 6.01. The highest BCUT2D eigenvalue weighted by Gasteiger charge is 2.34. The van der Waals surface area contributed by atoms with E-state index in [0.29, 0.717) is 24.7 Å². The molecule has 0 heterocycles. The fourth-order valence-electron chi connectivity index (χ4n) is 3.66.